The highest BCUT2D eigenvalue weighted by molar-refractivity contribution is 5.75. The average molecular weight is 346 g/mol. The van der Waals surface area contributed by atoms with Crippen molar-refractivity contribution < 1.29 is 24.1 Å². The Balaban J connectivity index is 1.74. The van der Waals surface area contributed by atoms with Crippen molar-refractivity contribution in [1.29, 1.82) is 0 Å². The Kier molecular flexibility index (Phi) is 5.00. The number of aliphatic hydroxyl groups excluding tert-OH is 1. The van der Waals surface area contributed by atoms with Crippen molar-refractivity contribution in [2.24, 2.45) is 5.41 Å². The summed E-state index contributed by atoms with van der Waals surface area (Å²) in [6.45, 7) is 7.28. The van der Waals surface area contributed by atoms with Crippen molar-refractivity contribution in [3.05, 3.63) is 48.0 Å². The molecular weight excluding hydrogens is 320 g/mol. The topological polar surface area (TPSA) is 65.0 Å². The van der Waals surface area contributed by atoms with Crippen molar-refractivity contribution >= 4 is 5.97 Å². The largest absolute Gasteiger partial charge is 0.456 e. The first kappa shape index (κ1) is 18.1. The van der Waals surface area contributed by atoms with Gasteiger partial charge in [0, 0.05) is 0 Å². The molecule has 5 nitrogen and oxygen atoms in total. The zero-order chi connectivity index (χ0) is 18.2. The fourth-order valence-electron chi connectivity index (χ4n) is 3.07. The second-order valence-electron chi connectivity index (χ2n) is 7.71. The lowest BCUT2D eigenvalue weighted by atomic mass is 9.95. The second-order valence-corrected chi connectivity index (χ2v) is 7.71. The van der Waals surface area contributed by atoms with Crippen LogP contribution < -0.4 is 0 Å². The normalized spacial score (nSPS) is 32.4. The van der Waals surface area contributed by atoms with Gasteiger partial charge in [0.2, 0.25) is 0 Å². The monoisotopic (exact) mass is 346 g/mol. The molecule has 3 rings (SSSR count). The number of benzene rings is 1. The molecule has 1 fully saturated rings. The predicted octanol–water partition coefficient (Wildman–Crippen LogP) is 2.79. The smallest absolute Gasteiger partial charge is 0.311 e. The maximum Gasteiger partial charge on any atom is 0.311 e. The standard InChI is InChI=1S/C20H26O5/c1-12(13-8-6-5-7-9-13)23-17-14-10-11-15(24-14)18(16(17)21)25-19(22)20(2,3)4/h5-12,14-18,21H,1-4H3/t12?,14-,15+,16+,17+,18+/m1/s1. The zero-order valence-corrected chi connectivity index (χ0v) is 15.1. The lowest BCUT2D eigenvalue weighted by molar-refractivity contribution is -0.229. The summed E-state index contributed by atoms with van der Waals surface area (Å²) in [5.74, 6) is -0.367. The summed E-state index contributed by atoms with van der Waals surface area (Å²) in [6.07, 6.45) is 0.420. The van der Waals surface area contributed by atoms with Gasteiger partial charge in [0.25, 0.3) is 0 Å². The van der Waals surface area contributed by atoms with Crippen LogP contribution in [0.2, 0.25) is 0 Å². The summed E-state index contributed by atoms with van der Waals surface area (Å²) in [4.78, 5) is 12.3. The van der Waals surface area contributed by atoms with Crippen LogP contribution in [0.5, 0.6) is 0 Å². The molecule has 0 spiro atoms. The molecule has 2 heterocycles. The summed E-state index contributed by atoms with van der Waals surface area (Å²) >= 11 is 0. The van der Waals surface area contributed by atoms with Crippen LogP contribution in [0.4, 0.5) is 0 Å². The van der Waals surface area contributed by atoms with Crippen LogP contribution in [0.1, 0.15) is 39.4 Å². The van der Waals surface area contributed by atoms with E-state index in [1.807, 2.05) is 49.4 Å². The predicted molar refractivity (Wildman–Crippen MR) is 92.9 cm³/mol. The van der Waals surface area contributed by atoms with E-state index in [4.69, 9.17) is 14.2 Å². The molecule has 0 saturated carbocycles. The summed E-state index contributed by atoms with van der Waals surface area (Å²) in [5.41, 5.74) is 0.370. The molecule has 0 amide bonds. The third-order valence-electron chi connectivity index (χ3n) is 4.61. The van der Waals surface area contributed by atoms with Gasteiger partial charge in [-0.25, -0.2) is 0 Å². The highest BCUT2D eigenvalue weighted by atomic mass is 16.6. The number of hydrogen-bond acceptors (Lipinski definition) is 5. The second kappa shape index (κ2) is 6.90. The van der Waals surface area contributed by atoms with Crippen molar-refractivity contribution in [2.45, 2.75) is 64.3 Å². The maximum absolute atomic E-state index is 12.3. The Morgan fingerprint density at radius 2 is 1.72 bits per heavy atom. The van der Waals surface area contributed by atoms with Crippen LogP contribution in [0.25, 0.3) is 0 Å². The minimum atomic E-state index is -0.948. The molecule has 1 unspecified atom stereocenters. The van der Waals surface area contributed by atoms with Crippen molar-refractivity contribution in [2.75, 3.05) is 0 Å². The summed E-state index contributed by atoms with van der Waals surface area (Å²) in [6, 6.07) is 9.79. The van der Waals surface area contributed by atoms with Crippen LogP contribution >= 0.6 is 0 Å². The highest BCUT2D eigenvalue weighted by Crippen LogP contribution is 2.35. The van der Waals surface area contributed by atoms with Crippen LogP contribution in [-0.2, 0) is 19.0 Å². The molecule has 1 saturated heterocycles. The number of fused-ring (bicyclic) bond motifs is 2. The molecule has 2 aliphatic rings. The van der Waals surface area contributed by atoms with Crippen LogP contribution in [0.15, 0.2) is 42.5 Å². The first-order valence-electron chi connectivity index (χ1n) is 8.71. The number of rotatable bonds is 4. The van der Waals surface area contributed by atoms with E-state index in [9.17, 15) is 9.90 Å². The Morgan fingerprint density at radius 3 is 2.32 bits per heavy atom. The Labute approximate surface area is 148 Å². The van der Waals surface area contributed by atoms with Gasteiger partial charge < -0.3 is 19.3 Å². The van der Waals surface area contributed by atoms with Gasteiger partial charge in [-0.3, -0.25) is 4.79 Å². The van der Waals surface area contributed by atoms with E-state index in [0.29, 0.717) is 0 Å². The van der Waals surface area contributed by atoms with E-state index in [1.165, 1.54) is 0 Å². The van der Waals surface area contributed by atoms with E-state index in [-0.39, 0.29) is 18.2 Å². The van der Waals surface area contributed by atoms with Gasteiger partial charge in [0.1, 0.15) is 24.4 Å². The van der Waals surface area contributed by atoms with E-state index in [2.05, 4.69) is 0 Å². The van der Waals surface area contributed by atoms with Crippen molar-refractivity contribution in [1.82, 2.24) is 0 Å². The number of carbonyl (C=O) groups is 1. The number of hydrogen-bond donors (Lipinski definition) is 1. The van der Waals surface area contributed by atoms with Crippen LogP contribution in [0, 0.1) is 5.41 Å². The molecule has 136 valence electrons. The SMILES string of the molecule is CC(O[C@@H]1[C@H](O)[C@@H](OC(=O)C(C)(C)C)[C@@H]2C=C[C@H]1O2)c1ccccc1. The number of carbonyl (C=O) groups excluding carboxylic acids is 1. The lowest BCUT2D eigenvalue weighted by Gasteiger charge is -2.41. The molecule has 0 aliphatic carbocycles. The molecule has 1 aromatic carbocycles. The van der Waals surface area contributed by atoms with E-state index in [1.54, 1.807) is 20.8 Å². The molecule has 1 aromatic rings. The number of esters is 1. The molecular formula is C20H26O5. The molecule has 0 radical (unpaired) electrons. The van der Waals surface area contributed by atoms with Gasteiger partial charge >= 0.3 is 5.97 Å². The summed E-state index contributed by atoms with van der Waals surface area (Å²) in [7, 11) is 0. The van der Waals surface area contributed by atoms with Crippen molar-refractivity contribution in [3.8, 4) is 0 Å². The van der Waals surface area contributed by atoms with E-state index in [0.717, 1.165) is 5.56 Å². The zero-order valence-electron chi connectivity index (χ0n) is 15.1. The van der Waals surface area contributed by atoms with Gasteiger partial charge in [-0.15, -0.1) is 0 Å². The van der Waals surface area contributed by atoms with E-state index < -0.39 is 29.8 Å². The molecule has 6 atom stereocenters. The first-order valence-corrected chi connectivity index (χ1v) is 8.71. The fraction of sp³-hybridized carbons (Fsp3) is 0.550. The Bertz CT molecular complexity index is 633. The molecule has 1 N–H and O–H groups in total. The molecule has 2 aliphatic heterocycles. The van der Waals surface area contributed by atoms with E-state index >= 15 is 0 Å². The summed E-state index contributed by atoms with van der Waals surface area (Å²) < 4.78 is 17.5. The first-order chi connectivity index (χ1) is 11.8. The highest BCUT2D eigenvalue weighted by Gasteiger charge is 2.50. The quantitative estimate of drug-likeness (QED) is 0.671. The van der Waals surface area contributed by atoms with Crippen molar-refractivity contribution in [3.63, 3.8) is 0 Å². The average Bonchev–Trinajstić information content (AvgIpc) is 3.01. The van der Waals surface area contributed by atoms with Gasteiger partial charge in [0.15, 0.2) is 6.10 Å². The number of ether oxygens (including phenoxy) is 3. The Hall–Kier alpha value is -1.69. The minimum absolute atomic E-state index is 0.214. The molecule has 25 heavy (non-hydrogen) atoms. The maximum atomic E-state index is 12.3. The molecule has 5 heteroatoms. The third-order valence-corrected chi connectivity index (χ3v) is 4.61. The molecule has 0 aromatic heterocycles. The summed E-state index contributed by atoms with van der Waals surface area (Å²) in [5, 5.41) is 10.8. The molecule has 2 bridgehead atoms. The van der Waals surface area contributed by atoms with Gasteiger partial charge in [0.05, 0.1) is 11.5 Å². The lowest BCUT2D eigenvalue weighted by Crippen LogP contribution is -2.57. The Morgan fingerprint density at radius 1 is 1.12 bits per heavy atom. The van der Waals surface area contributed by atoms with Gasteiger partial charge in [-0.05, 0) is 33.3 Å². The number of aliphatic hydroxyl groups is 1. The fourth-order valence-corrected chi connectivity index (χ4v) is 3.07. The van der Waals surface area contributed by atoms with Crippen LogP contribution in [-0.4, -0.2) is 41.6 Å². The van der Waals surface area contributed by atoms with Gasteiger partial charge in [-0.2, -0.15) is 0 Å². The van der Waals surface area contributed by atoms with Gasteiger partial charge in [-0.1, -0.05) is 42.5 Å². The third kappa shape index (κ3) is 3.78. The minimum Gasteiger partial charge on any atom is -0.456 e. The van der Waals surface area contributed by atoms with Crippen LogP contribution in [0.3, 0.4) is 0 Å².